The molecule has 1 saturated heterocycles. The maximum absolute atomic E-state index is 13.0. The smallest absolute Gasteiger partial charge is 0.343 e. The lowest BCUT2D eigenvalue weighted by molar-refractivity contribution is -0.422. The van der Waals surface area contributed by atoms with Gasteiger partial charge in [-0.15, -0.1) is 0 Å². The van der Waals surface area contributed by atoms with Gasteiger partial charge < -0.3 is 24.5 Å². The molecule has 2 aromatic carbocycles. The van der Waals surface area contributed by atoms with Gasteiger partial charge >= 0.3 is 5.63 Å². The third-order valence-corrected chi connectivity index (χ3v) is 6.08. The first-order valence-corrected chi connectivity index (χ1v) is 11.2. The van der Waals surface area contributed by atoms with Crippen LogP contribution >= 0.6 is 0 Å². The molecule has 3 N–H and O–H groups in total. The summed E-state index contributed by atoms with van der Waals surface area (Å²) in [6, 6.07) is 15.8. The number of fused-ring (bicyclic) bond motifs is 1. The number of ether oxygens (including phenoxy) is 1. The van der Waals surface area contributed by atoms with Gasteiger partial charge in [-0.05, 0) is 31.0 Å². The van der Waals surface area contributed by atoms with Crippen molar-refractivity contribution in [1.82, 2.24) is 5.23 Å². The van der Waals surface area contributed by atoms with E-state index in [-0.39, 0.29) is 24.3 Å². The molecule has 0 spiro atoms. The monoisotopic (exact) mass is 471 g/mol. The number of hydroxylamine groups is 2. The van der Waals surface area contributed by atoms with Crippen LogP contribution in [0.5, 0.6) is 5.75 Å². The van der Waals surface area contributed by atoms with Crippen LogP contribution in [0.2, 0.25) is 0 Å². The lowest BCUT2D eigenvalue weighted by atomic mass is 9.86. The van der Waals surface area contributed by atoms with Gasteiger partial charge in [-0.1, -0.05) is 47.7 Å². The molecular formula is C25H29NO8. The number of aromatic hydroxyl groups is 1. The second kappa shape index (κ2) is 10.6. The molecule has 1 aromatic heterocycles. The Morgan fingerprint density at radius 2 is 1.85 bits per heavy atom. The molecular weight excluding hydrogens is 442 g/mol. The van der Waals surface area contributed by atoms with E-state index in [1.54, 1.807) is 24.3 Å². The Bertz CT molecular complexity index is 1150. The van der Waals surface area contributed by atoms with Gasteiger partial charge in [0.2, 0.25) is 0 Å². The molecule has 0 saturated carbocycles. The van der Waals surface area contributed by atoms with E-state index in [2.05, 4.69) is 0 Å². The number of aliphatic hydroxyl groups is 2. The molecule has 0 amide bonds. The Morgan fingerprint density at radius 3 is 2.53 bits per heavy atom. The molecule has 5 atom stereocenters. The van der Waals surface area contributed by atoms with Crippen LogP contribution in [0.3, 0.4) is 0 Å². The zero-order valence-electron chi connectivity index (χ0n) is 19.0. The fourth-order valence-corrected chi connectivity index (χ4v) is 4.35. The molecule has 9 nitrogen and oxygen atoms in total. The van der Waals surface area contributed by atoms with Crippen molar-refractivity contribution in [1.29, 1.82) is 0 Å². The van der Waals surface area contributed by atoms with Crippen molar-refractivity contribution in [2.45, 2.75) is 50.2 Å². The molecule has 1 aliphatic rings. The van der Waals surface area contributed by atoms with Gasteiger partial charge in [0, 0.05) is 12.3 Å². The van der Waals surface area contributed by atoms with E-state index < -0.39 is 36.1 Å². The quantitative estimate of drug-likeness (QED) is 0.319. The van der Waals surface area contributed by atoms with Crippen molar-refractivity contribution in [2.75, 3.05) is 13.7 Å². The topological polar surface area (TPSA) is 122 Å². The van der Waals surface area contributed by atoms with Crippen LogP contribution in [-0.2, 0) is 14.4 Å². The maximum Gasteiger partial charge on any atom is 0.343 e. The Balaban J connectivity index is 1.64. The first-order valence-electron chi connectivity index (χ1n) is 11.2. The summed E-state index contributed by atoms with van der Waals surface area (Å²) in [4.78, 5) is 24.2. The lowest BCUT2D eigenvalue weighted by Crippen LogP contribution is -2.37. The number of aliphatic hydroxyl groups excluding tert-OH is 2. The van der Waals surface area contributed by atoms with Gasteiger partial charge in [-0.25, -0.2) is 9.63 Å². The van der Waals surface area contributed by atoms with Crippen LogP contribution in [-0.4, -0.2) is 58.8 Å². The first kappa shape index (κ1) is 24.3. The molecule has 3 unspecified atom stereocenters. The summed E-state index contributed by atoms with van der Waals surface area (Å²) in [7, 11) is 1.44. The van der Waals surface area contributed by atoms with Gasteiger partial charge in [0.05, 0.1) is 36.8 Å². The van der Waals surface area contributed by atoms with Crippen LogP contribution in [0, 0.1) is 0 Å². The van der Waals surface area contributed by atoms with Crippen molar-refractivity contribution >= 4 is 11.0 Å². The fourth-order valence-electron chi connectivity index (χ4n) is 4.35. The predicted molar refractivity (Wildman–Crippen MR) is 123 cm³/mol. The average molecular weight is 472 g/mol. The Labute approximate surface area is 196 Å². The summed E-state index contributed by atoms with van der Waals surface area (Å²) >= 11 is 0. The van der Waals surface area contributed by atoms with Gasteiger partial charge in [0.1, 0.15) is 17.4 Å². The molecule has 0 radical (unpaired) electrons. The van der Waals surface area contributed by atoms with Gasteiger partial charge in [0.25, 0.3) is 0 Å². The van der Waals surface area contributed by atoms with Crippen molar-refractivity contribution < 1.29 is 34.1 Å². The maximum atomic E-state index is 13.0. The highest BCUT2D eigenvalue weighted by Crippen LogP contribution is 2.37. The van der Waals surface area contributed by atoms with E-state index in [0.717, 1.165) is 5.56 Å². The normalized spacial score (nSPS) is 22.3. The van der Waals surface area contributed by atoms with E-state index in [9.17, 15) is 20.1 Å². The number of rotatable bonds is 9. The van der Waals surface area contributed by atoms with Crippen molar-refractivity contribution in [3.63, 3.8) is 0 Å². The number of para-hydroxylation sites is 1. The second-order valence-corrected chi connectivity index (χ2v) is 8.36. The minimum absolute atomic E-state index is 0.120. The van der Waals surface area contributed by atoms with Crippen LogP contribution in [0.15, 0.2) is 63.8 Å². The molecule has 1 fully saturated rings. The van der Waals surface area contributed by atoms with Crippen molar-refractivity contribution in [3.8, 4) is 5.75 Å². The summed E-state index contributed by atoms with van der Waals surface area (Å²) in [6.07, 6.45) is -1.87. The Morgan fingerprint density at radius 1 is 1.15 bits per heavy atom. The van der Waals surface area contributed by atoms with E-state index in [1.165, 1.54) is 12.3 Å². The molecule has 9 heteroatoms. The molecule has 0 aliphatic carbocycles. The molecule has 182 valence electrons. The highest BCUT2D eigenvalue weighted by molar-refractivity contribution is 5.84. The predicted octanol–water partition coefficient (Wildman–Crippen LogP) is 2.67. The SMILES string of the molecule is CON(OC1C[C@@H](O)[C@@H](CO)O1)C(C)CC(c1ccccc1)c1c(O)c2ccccc2oc1=O. The standard InChI is InChI=1S/C25H29NO8/c1-15(26(31-2)34-22-13-19(28)21(14-27)32-22)12-18(16-8-4-3-5-9-16)23-24(29)17-10-6-7-11-20(17)33-25(23)30/h3-11,15,18-19,21-22,27-29H,12-14H2,1-2H3/t15?,18?,19-,21-,22?/m1/s1. The minimum Gasteiger partial charge on any atom is -0.507 e. The Kier molecular flexibility index (Phi) is 7.62. The highest BCUT2D eigenvalue weighted by atomic mass is 17.0. The van der Waals surface area contributed by atoms with Gasteiger partial charge in [-0.3, -0.25) is 4.84 Å². The minimum atomic E-state index is -0.847. The molecule has 4 rings (SSSR count). The summed E-state index contributed by atoms with van der Waals surface area (Å²) in [5.74, 6) is -0.649. The largest absolute Gasteiger partial charge is 0.507 e. The van der Waals surface area contributed by atoms with Crippen LogP contribution in [0.4, 0.5) is 0 Å². The zero-order valence-corrected chi connectivity index (χ0v) is 19.0. The third-order valence-electron chi connectivity index (χ3n) is 6.08. The summed E-state index contributed by atoms with van der Waals surface area (Å²) in [6.45, 7) is 1.52. The Hall–Kier alpha value is -2.79. The molecule has 1 aliphatic heterocycles. The number of benzene rings is 2. The van der Waals surface area contributed by atoms with Crippen LogP contribution in [0.25, 0.3) is 11.0 Å². The molecule has 0 bridgehead atoms. The summed E-state index contributed by atoms with van der Waals surface area (Å²) in [5.41, 5.74) is 0.665. The number of hydrogen-bond donors (Lipinski definition) is 3. The van der Waals surface area contributed by atoms with E-state index in [1.807, 2.05) is 37.3 Å². The second-order valence-electron chi connectivity index (χ2n) is 8.36. The van der Waals surface area contributed by atoms with Crippen LogP contribution in [0.1, 0.15) is 36.8 Å². The number of nitrogens with zero attached hydrogens (tertiary/aromatic N) is 1. The lowest BCUT2D eigenvalue weighted by Gasteiger charge is -2.30. The summed E-state index contributed by atoms with van der Waals surface area (Å²) in [5, 5.41) is 32.1. The van der Waals surface area contributed by atoms with Gasteiger partial charge in [0.15, 0.2) is 6.29 Å². The van der Waals surface area contributed by atoms with Crippen molar-refractivity contribution in [2.24, 2.45) is 0 Å². The van der Waals surface area contributed by atoms with Crippen LogP contribution < -0.4 is 5.63 Å². The molecule has 3 aromatic rings. The third kappa shape index (κ3) is 5.00. The first-order chi connectivity index (χ1) is 16.4. The zero-order chi connectivity index (χ0) is 24.2. The summed E-state index contributed by atoms with van der Waals surface area (Å²) < 4.78 is 11.0. The van der Waals surface area contributed by atoms with E-state index >= 15 is 0 Å². The average Bonchev–Trinajstić information content (AvgIpc) is 3.21. The molecule has 2 heterocycles. The van der Waals surface area contributed by atoms with Gasteiger partial charge in [-0.2, -0.15) is 0 Å². The molecule has 34 heavy (non-hydrogen) atoms. The van der Waals surface area contributed by atoms with E-state index in [4.69, 9.17) is 18.8 Å². The highest BCUT2D eigenvalue weighted by Gasteiger charge is 2.37. The van der Waals surface area contributed by atoms with Crippen molar-refractivity contribution in [3.05, 3.63) is 76.1 Å². The van der Waals surface area contributed by atoms with E-state index in [0.29, 0.717) is 17.4 Å². The fraction of sp³-hybridized carbons (Fsp3) is 0.400. The number of hydrogen-bond acceptors (Lipinski definition) is 9.